The number of fused-ring (bicyclic) bond motifs is 1. The van der Waals surface area contributed by atoms with Gasteiger partial charge >= 0.3 is 5.97 Å². The van der Waals surface area contributed by atoms with Crippen LogP contribution in [0.3, 0.4) is 0 Å². The smallest absolute Gasteiger partial charge is 0.340 e. The van der Waals surface area contributed by atoms with Crippen LogP contribution in [0, 0.1) is 0 Å². The number of esters is 1. The average molecular weight is 268 g/mol. The highest BCUT2D eigenvalue weighted by Gasteiger charge is 2.22. The molecule has 0 fully saturated rings. The summed E-state index contributed by atoms with van der Waals surface area (Å²) in [5, 5.41) is 4.40. The molecule has 0 atom stereocenters. The third-order valence-corrected chi connectivity index (χ3v) is 2.92. The van der Waals surface area contributed by atoms with Crippen molar-refractivity contribution >= 4 is 23.1 Å². The van der Waals surface area contributed by atoms with Crippen LogP contribution in [0.1, 0.15) is 42.6 Å². The predicted octanol–water partition coefficient (Wildman–Crippen LogP) is 2.68. The van der Waals surface area contributed by atoms with Gasteiger partial charge in [0.25, 0.3) is 0 Å². The van der Waals surface area contributed by atoms with E-state index in [1.807, 2.05) is 13.8 Å². The molecule has 2 heterocycles. The molecule has 0 unspecified atom stereocenters. The lowest BCUT2D eigenvalue weighted by Gasteiger charge is -2.07. The van der Waals surface area contributed by atoms with E-state index in [0.717, 1.165) is 5.56 Å². The van der Waals surface area contributed by atoms with Crippen LogP contribution in [-0.2, 0) is 4.74 Å². The highest BCUT2D eigenvalue weighted by Crippen LogP contribution is 2.30. The highest BCUT2D eigenvalue weighted by molar-refractivity contribution is 6.32. The summed E-state index contributed by atoms with van der Waals surface area (Å²) in [6.07, 6.45) is 2.99. The molecular weight excluding hydrogens is 254 g/mol. The van der Waals surface area contributed by atoms with E-state index in [1.54, 1.807) is 17.6 Å². The molecule has 0 spiro atoms. The van der Waals surface area contributed by atoms with Crippen molar-refractivity contribution in [3.05, 3.63) is 28.8 Å². The van der Waals surface area contributed by atoms with E-state index in [9.17, 15) is 4.79 Å². The van der Waals surface area contributed by atoms with Gasteiger partial charge in [0.1, 0.15) is 11.8 Å². The summed E-state index contributed by atoms with van der Waals surface area (Å²) in [7, 11) is 0. The summed E-state index contributed by atoms with van der Waals surface area (Å²) < 4.78 is 6.61. The summed E-state index contributed by atoms with van der Waals surface area (Å²) in [5.74, 6) is -0.235. The maximum absolute atomic E-state index is 11.9. The minimum absolute atomic E-state index is 0.123. The number of carbonyl (C=O) groups excluding carboxylic acids is 1. The Morgan fingerprint density at radius 1 is 1.56 bits per heavy atom. The van der Waals surface area contributed by atoms with Crippen molar-refractivity contribution in [1.29, 1.82) is 0 Å². The molecule has 0 aliphatic rings. The summed E-state index contributed by atoms with van der Waals surface area (Å²) in [4.78, 5) is 15.9. The van der Waals surface area contributed by atoms with E-state index < -0.39 is 0 Å². The number of rotatable bonds is 3. The molecule has 2 aromatic heterocycles. The first-order chi connectivity index (χ1) is 8.56. The summed E-state index contributed by atoms with van der Waals surface area (Å²) in [5.41, 5.74) is 1.98. The van der Waals surface area contributed by atoms with Crippen molar-refractivity contribution in [2.24, 2.45) is 0 Å². The number of ether oxygens (including phenoxy) is 1. The van der Waals surface area contributed by atoms with Gasteiger partial charge in [0.2, 0.25) is 0 Å². The number of nitrogens with zero attached hydrogens (tertiary/aromatic N) is 3. The zero-order valence-electron chi connectivity index (χ0n) is 10.5. The van der Waals surface area contributed by atoms with Gasteiger partial charge in [0.05, 0.1) is 12.2 Å². The number of halogens is 1. The van der Waals surface area contributed by atoms with E-state index >= 15 is 0 Å². The molecule has 0 aromatic carbocycles. The largest absolute Gasteiger partial charge is 0.462 e. The van der Waals surface area contributed by atoms with Crippen LogP contribution in [0.25, 0.3) is 5.52 Å². The molecular formula is C12H14ClN3O2. The maximum Gasteiger partial charge on any atom is 0.340 e. The molecule has 18 heavy (non-hydrogen) atoms. The number of hydrogen-bond acceptors (Lipinski definition) is 4. The van der Waals surface area contributed by atoms with Gasteiger partial charge in [0.15, 0.2) is 5.15 Å². The van der Waals surface area contributed by atoms with Gasteiger partial charge in [-0.3, -0.25) is 0 Å². The molecule has 2 rings (SSSR count). The van der Waals surface area contributed by atoms with Crippen LogP contribution >= 0.6 is 11.6 Å². The van der Waals surface area contributed by atoms with Crippen molar-refractivity contribution < 1.29 is 9.53 Å². The summed E-state index contributed by atoms with van der Waals surface area (Å²) in [6.45, 7) is 6.08. The second-order valence-electron chi connectivity index (χ2n) is 4.18. The van der Waals surface area contributed by atoms with E-state index in [0.29, 0.717) is 22.8 Å². The minimum atomic E-state index is -0.359. The Morgan fingerprint density at radius 3 is 2.89 bits per heavy atom. The first-order valence-electron chi connectivity index (χ1n) is 5.75. The van der Waals surface area contributed by atoms with Crippen LogP contribution in [0.4, 0.5) is 0 Å². The van der Waals surface area contributed by atoms with Crippen molar-refractivity contribution in [3.8, 4) is 0 Å². The third kappa shape index (κ3) is 2.06. The second-order valence-corrected chi connectivity index (χ2v) is 4.53. The van der Waals surface area contributed by atoms with Crippen LogP contribution in [-0.4, -0.2) is 27.2 Å². The highest BCUT2D eigenvalue weighted by atomic mass is 35.5. The zero-order chi connectivity index (χ0) is 13.3. The fourth-order valence-electron chi connectivity index (χ4n) is 1.95. The first kappa shape index (κ1) is 12.8. The molecule has 0 aliphatic carbocycles. The van der Waals surface area contributed by atoms with Gasteiger partial charge < -0.3 is 4.74 Å². The molecule has 96 valence electrons. The Bertz CT molecular complexity index is 592. The molecule has 5 nitrogen and oxygen atoms in total. The van der Waals surface area contributed by atoms with Crippen molar-refractivity contribution in [2.45, 2.75) is 26.7 Å². The average Bonchev–Trinajstić information content (AvgIpc) is 2.70. The van der Waals surface area contributed by atoms with Gasteiger partial charge in [0, 0.05) is 6.20 Å². The van der Waals surface area contributed by atoms with Gasteiger partial charge in [-0.25, -0.2) is 14.3 Å². The number of aromatic nitrogens is 3. The number of carbonyl (C=O) groups is 1. The Labute approximate surface area is 110 Å². The molecule has 0 N–H and O–H groups in total. The lowest BCUT2D eigenvalue weighted by molar-refractivity contribution is 0.0525. The Balaban J connectivity index is 2.70. The fourth-order valence-corrected chi connectivity index (χ4v) is 2.19. The molecule has 0 saturated heterocycles. The van der Waals surface area contributed by atoms with Gasteiger partial charge in [-0.2, -0.15) is 5.10 Å². The topological polar surface area (TPSA) is 56.5 Å². The molecule has 0 bridgehead atoms. The minimum Gasteiger partial charge on any atom is -0.462 e. The molecule has 6 heteroatoms. The van der Waals surface area contributed by atoms with Crippen LogP contribution in [0.5, 0.6) is 0 Å². The Hall–Kier alpha value is -1.62. The van der Waals surface area contributed by atoms with Gasteiger partial charge in [-0.05, 0) is 18.4 Å². The van der Waals surface area contributed by atoms with Crippen molar-refractivity contribution in [2.75, 3.05) is 6.61 Å². The SMILES string of the molecule is CCOC(=O)c1cn2ncnc(Cl)c2c1C(C)C. The third-order valence-electron chi connectivity index (χ3n) is 2.64. The van der Waals surface area contributed by atoms with E-state index in [1.165, 1.54) is 6.33 Å². The summed E-state index contributed by atoms with van der Waals surface area (Å²) >= 11 is 6.08. The monoisotopic (exact) mass is 267 g/mol. The van der Waals surface area contributed by atoms with Gasteiger partial charge in [-0.15, -0.1) is 0 Å². The fraction of sp³-hybridized carbons (Fsp3) is 0.417. The quantitative estimate of drug-likeness (QED) is 0.803. The zero-order valence-corrected chi connectivity index (χ0v) is 11.2. The molecule has 0 radical (unpaired) electrons. The van der Waals surface area contributed by atoms with Gasteiger partial charge in [-0.1, -0.05) is 25.4 Å². The standard InChI is InChI=1S/C12H14ClN3O2/c1-4-18-12(17)8-5-16-10(9(8)7(2)3)11(13)14-6-15-16/h5-7H,4H2,1-3H3. The molecule has 0 amide bonds. The Morgan fingerprint density at radius 2 is 2.28 bits per heavy atom. The van der Waals surface area contributed by atoms with E-state index in [2.05, 4.69) is 10.1 Å². The lowest BCUT2D eigenvalue weighted by atomic mass is 10.0. The second kappa shape index (κ2) is 4.94. The molecule has 2 aromatic rings. The molecule has 0 saturated carbocycles. The predicted molar refractivity (Wildman–Crippen MR) is 68.0 cm³/mol. The first-order valence-corrected chi connectivity index (χ1v) is 6.12. The Kier molecular flexibility index (Phi) is 3.52. The van der Waals surface area contributed by atoms with Crippen LogP contribution < -0.4 is 0 Å². The van der Waals surface area contributed by atoms with Crippen molar-refractivity contribution in [3.63, 3.8) is 0 Å². The van der Waals surface area contributed by atoms with Crippen LogP contribution in [0.2, 0.25) is 5.15 Å². The lowest BCUT2D eigenvalue weighted by Crippen LogP contribution is -2.06. The van der Waals surface area contributed by atoms with E-state index in [4.69, 9.17) is 16.3 Å². The van der Waals surface area contributed by atoms with E-state index in [-0.39, 0.29) is 11.9 Å². The summed E-state index contributed by atoms with van der Waals surface area (Å²) in [6, 6.07) is 0. The number of hydrogen-bond donors (Lipinski definition) is 0. The maximum atomic E-state index is 11.9. The normalized spacial score (nSPS) is 11.2. The van der Waals surface area contributed by atoms with Crippen LogP contribution in [0.15, 0.2) is 12.5 Å². The van der Waals surface area contributed by atoms with Crippen molar-refractivity contribution in [1.82, 2.24) is 14.6 Å². The molecule has 0 aliphatic heterocycles.